The van der Waals surface area contributed by atoms with Crippen molar-refractivity contribution in [2.45, 2.75) is 51.7 Å². The molecular formula is C26H28N6OS2. The number of anilines is 1. The normalized spacial score (nSPS) is 19.5. The zero-order valence-electron chi connectivity index (χ0n) is 19.8. The highest BCUT2D eigenvalue weighted by molar-refractivity contribution is 7.23. The lowest BCUT2D eigenvalue weighted by molar-refractivity contribution is -0.123. The number of aromatic nitrogens is 3. The number of fused-ring (bicyclic) bond motifs is 2. The zero-order chi connectivity index (χ0) is 23.9. The van der Waals surface area contributed by atoms with Crippen molar-refractivity contribution in [3.05, 3.63) is 47.4 Å². The fourth-order valence-corrected chi connectivity index (χ4v) is 7.33. The van der Waals surface area contributed by atoms with Gasteiger partial charge < -0.3 is 16.0 Å². The number of nitrogens with zero attached hydrogens (tertiary/aromatic N) is 3. The lowest BCUT2D eigenvalue weighted by Crippen LogP contribution is -2.48. The van der Waals surface area contributed by atoms with Crippen molar-refractivity contribution in [1.82, 2.24) is 25.6 Å². The predicted molar refractivity (Wildman–Crippen MR) is 143 cm³/mol. The van der Waals surface area contributed by atoms with Gasteiger partial charge in [-0.2, -0.15) is 0 Å². The smallest absolute Gasteiger partial charge is 0.228 e. The van der Waals surface area contributed by atoms with Gasteiger partial charge in [0.05, 0.1) is 10.2 Å². The molecule has 1 aromatic carbocycles. The fourth-order valence-electron chi connectivity index (χ4n) is 4.96. The lowest BCUT2D eigenvalue weighted by Gasteiger charge is -2.36. The van der Waals surface area contributed by atoms with Gasteiger partial charge in [-0.25, -0.2) is 15.0 Å². The van der Waals surface area contributed by atoms with Crippen LogP contribution in [0.4, 0.5) is 5.00 Å². The number of thiazole rings is 1. The van der Waals surface area contributed by atoms with Crippen LogP contribution in [0.25, 0.3) is 31.9 Å². The second-order valence-corrected chi connectivity index (χ2v) is 11.8. The Morgan fingerprint density at radius 3 is 2.77 bits per heavy atom. The Kier molecular flexibility index (Phi) is 6.09. The lowest BCUT2D eigenvalue weighted by atomic mass is 9.79. The minimum absolute atomic E-state index is 0.0716. The molecule has 0 bridgehead atoms. The third-order valence-electron chi connectivity index (χ3n) is 6.74. The van der Waals surface area contributed by atoms with E-state index in [1.54, 1.807) is 29.0 Å². The van der Waals surface area contributed by atoms with Crippen LogP contribution in [0.5, 0.6) is 0 Å². The van der Waals surface area contributed by atoms with Crippen LogP contribution in [0, 0.1) is 5.92 Å². The van der Waals surface area contributed by atoms with Gasteiger partial charge >= 0.3 is 0 Å². The molecule has 3 N–H and O–H groups in total. The number of hydrogen-bond acceptors (Lipinski definition) is 8. The zero-order valence-corrected chi connectivity index (χ0v) is 21.4. The first-order valence-electron chi connectivity index (χ1n) is 12.1. The highest BCUT2D eigenvalue weighted by atomic mass is 32.1. The van der Waals surface area contributed by atoms with Gasteiger partial charge in [-0.1, -0.05) is 19.9 Å². The summed E-state index contributed by atoms with van der Waals surface area (Å²) in [5.41, 5.74) is 5.47. The van der Waals surface area contributed by atoms with Crippen LogP contribution in [0.3, 0.4) is 0 Å². The monoisotopic (exact) mass is 504 g/mol. The van der Waals surface area contributed by atoms with E-state index in [0.29, 0.717) is 12.1 Å². The molecule has 0 saturated heterocycles. The molecule has 7 nitrogen and oxygen atoms in total. The number of carbonyl (C=O) groups excluding carboxylic acids is 1. The van der Waals surface area contributed by atoms with Crippen LogP contribution < -0.4 is 16.0 Å². The Balaban J connectivity index is 1.31. The van der Waals surface area contributed by atoms with Crippen LogP contribution >= 0.6 is 22.7 Å². The molecule has 1 amide bonds. The van der Waals surface area contributed by atoms with E-state index in [1.807, 2.05) is 12.4 Å². The van der Waals surface area contributed by atoms with Gasteiger partial charge in [0.15, 0.2) is 0 Å². The third kappa shape index (κ3) is 4.49. The van der Waals surface area contributed by atoms with E-state index in [-0.39, 0.29) is 11.8 Å². The second-order valence-electron chi connectivity index (χ2n) is 9.64. The summed E-state index contributed by atoms with van der Waals surface area (Å²) in [6.07, 6.45) is 7.95. The van der Waals surface area contributed by atoms with E-state index < -0.39 is 0 Å². The average molecular weight is 505 g/mol. The maximum atomic E-state index is 13.1. The summed E-state index contributed by atoms with van der Waals surface area (Å²) >= 11 is 3.38. The third-order valence-corrected chi connectivity index (χ3v) is 8.92. The molecule has 4 aromatic rings. The van der Waals surface area contributed by atoms with Crippen molar-refractivity contribution in [3.63, 3.8) is 0 Å². The van der Waals surface area contributed by atoms with Crippen LogP contribution in [0.1, 0.15) is 37.1 Å². The highest BCUT2D eigenvalue weighted by Gasteiger charge is 2.35. The fraction of sp³-hybridized carbons (Fsp3) is 0.385. The van der Waals surface area contributed by atoms with Crippen LogP contribution in [-0.2, 0) is 17.8 Å². The molecular weight excluding hydrogens is 476 g/mol. The number of rotatable bonds is 6. The van der Waals surface area contributed by atoms with Gasteiger partial charge in [0, 0.05) is 52.9 Å². The maximum absolute atomic E-state index is 13.1. The summed E-state index contributed by atoms with van der Waals surface area (Å²) in [7, 11) is 0. The van der Waals surface area contributed by atoms with Gasteiger partial charge in [-0.05, 0) is 49.1 Å². The van der Waals surface area contributed by atoms with Crippen molar-refractivity contribution < 1.29 is 4.79 Å². The van der Waals surface area contributed by atoms with Gasteiger partial charge in [-0.3, -0.25) is 4.79 Å². The van der Waals surface area contributed by atoms with E-state index in [2.05, 4.69) is 58.0 Å². The molecule has 180 valence electrons. The van der Waals surface area contributed by atoms with Crippen molar-refractivity contribution in [3.8, 4) is 21.7 Å². The molecule has 0 spiro atoms. The number of nitrogens with one attached hydrogen (secondary N) is 3. The molecule has 2 aliphatic rings. The summed E-state index contributed by atoms with van der Waals surface area (Å²) in [6, 6.07) is 7.18. The van der Waals surface area contributed by atoms with E-state index >= 15 is 0 Å². The van der Waals surface area contributed by atoms with Crippen molar-refractivity contribution in [2.75, 3.05) is 11.9 Å². The Bertz CT molecular complexity index is 1370. The Morgan fingerprint density at radius 1 is 1.14 bits per heavy atom. The molecule has 1 aliphatic heterocycles. The number of amides is 1. The van der Waals surface area contributed by atoms with Crippen molar-refractivity contribution >= 4 is 43.8 Å². The maximum Gasteiger partial charge on any atom is 0.228 e. The Hall–Kier alpha value is -2.72. The summed E-state index contributed by atoms with van der Waals surface area (Å²) in [6.45, 7) is 6.09. The molecule has 4 heterocycles. The van der Waals surface area contributed by atoms with Crippen molar-refractivity contribution in [2.24, 2.45) is 5.92 Å². The highest BCUT2D eigenvalue weighted by Crippen LogP contribution is 2.45. The van der Waals surface area contributed by atoms with E-state index in [1.165, 1.54) is 10.4 Å². The van der Waals surface area contributed by atoms with E-state index in [4.69, 9.17) is 4.98 Å². The van der Waals surface area contributed by atoms with Crippen LogP contribution in [0.2, 0.25) is 0 Å². The van der Waals surface area contributed by atoms with E-state index in [9.17, 15) is 4.79 Å². The number of hydrogen-bond donors (Lipinski definition) is 3. The minimum atomic E-state index is 0.0716. The Morgan fingerprint density at radius 2 is 1.97 bits per heavy atom. The van der Waals surface area contributed by atoms with Gasteiger partial charge in [0.25, 0.3) is 0 Å². The summed E-state index contributed by atoms with van der Waals surface area (Å²) in [5.74, 6) is 0.203. The van der Waals surface area contributed by atoms with Gasteiger partial charge in [-0.15, -0.1) is 22.7 Å². The molecule has 9 heteroatoms. The summed E-state index contributed by atoms with van der Waals surface area (Å²) in [4.78, 5) is 27.7. The SMILES string of the molecule is CC(C)NC1CC(C(=O)Nc2sc3c(c2-c2nc4ccc(-c5cncnc5)cc4s2)CCNC3)C1. The second kappa shape index (κ2) is 9.39. The van der Waals surface area contributed by atoms with Gasteiger partial charge in [0.1, 0.15) is 16.3 Å². The predicted octanol–water partition coefficient (Wildman–Crippen LogP) is 4.84. The first-order valence-corrected chi connectivity index (χ1v) is 13.8. The largest absolute Gasteiger partial charge is 0.317 e. The molecule has 1 aliphatic carbocycles. The summed E-state index contributed by atoms with van der Waals surface area (Å²) < 4.78 is 1.12. The number of carbonyl (C=O) groups is 1. The molecule has 3 aromatic heterocycles. The van der Waals surface area contributed by atoms with Crippen LogP contribution in [-0.4, -0.2) is 39.5 Å². The first-order chi connectivity index (χ1) is 17.0. The minimum Gasteiger partial charge on any atom is -0.317 e. The molecule has 0 unspecified atom stereocenters. The quantitative estimate of drug-likeness (QED) is 0.348. The topological polar surface area (TPSA) is 91.8 Å². The molecule has 6 rings (SSSR count). The summed E-state index contributed by atoms with van der Waals surface area (Å²) in [5, 5.41) is 12.2. The number of thiophene rings is 1. The van der Waals surface area contributed by atoms with E-state index in [0.717, 1.165) is 69.3 Å². The van der Waals surface area contributed by atoms with Gasteiger partial charge in [0.2, 0.25) is 5.91 Å². The van der Waals surface area contributed by atoms with Crippen LogP contribution in [0.15, 0.2) is 36.9 Å². The Labute approximate surface area is 212 Å². The van der Waals surface area contributed by atoms with Crippen molar-refractivity contribution in [1.29, 1.82) is 0 Å². The molecule has 1 saturated carbocycles. The first kappa shape index (κ1) is 22.7. The standard InChI is InChI=1S/C26H28N6OS2/c1-14(2)30-18-7-16(8-18)24(33)32-26-23(19-5-6-27-12-22(19)35-26)25-31-20-4-3-15(9-21(20)34-25)17-10-28-13-29-11-17/h3-4,9-11,13-14,16,18,27,30H,5-8,12H2,1-2H3,(H,32,33). The number of benzene rings is 1. The average Bonchev–Trinajstić information content (AvgIpc) is 3.41. The molecule has 0 atom stereocenters. The molecule has 0 radical (unpaired) electrons. The molecule has 35 heavy (non-hydrogen) atoms. The molecule has 1 fully saturated rings.